The number of benzene rings is 1. The molecule has 1 aromatic carbocycles. The first-order valence-corrected chi connectivity index (χ1v) is 9.28. The van der Waals surface area contributed by atoms with Gasteiger partial charge in [0.1, 0.15) is 23.2 Å². The van der Waals surface area contributed by atoms with Gasteiger partial charge in [-0.05, 0) is 37.3 Å². The number of amides is 1. The van der Waals surface area contributed by atoms with Crippen LogP contribution in [0.3, 0.4) is 0 Å². The molecule has 9 heteroatoms. The molecule has 0 radical (unpaired) electrons. The maximum absolute atomic E-state index is 13.1. The number of anilines is 3. The van der Waals surface area contributed by atoms with Crippen LogP contribution in [0.1, 0.15) is 16.3 Å². The van der Waals surface area contributed by atoms with Crippen molar-refractivity contribution >= 4 is 23.4 Å². The van der Waals surface area contributed by atoms with Gasteiger partial charge in [0.15, 0.2) is 0 Å². The maximum atomic E-state index is 13.1. The number of nitrogens with one attached hydrogen (secondary N) is 1. The first-order chi connectivity index (χ1) is 14.1. The Morgan fingerprint density at radius 2 is 1.72 bits per heavy atom. The summed E-state index contributed by atoms with van der Waals surface area (Å²) >= 11 is 0. The summed E-state index contributed by atoms with van der Waals surface area (Å²) in [5.74, 6) is 1.18. The van der Waals surface area contributed by atoms with Crippen molar-refractivity contribution in [1.82, 2.24) is 24.8 Å². The van der Waals surface area contributed by atoms with Crippen LogP contribution in [-0.2, 0) is 0 Å². The van der Waals surface area contributed by atoms with Gasteiger partial charge in [-0.1, -0.05) is 0 Å². The van der Waals surface area contributed by atoms with E-state index in [9.17, 15) is 9.18 Å². The number of aromatic nitrogens is 4. The monoisotopic (exact) mass is 393 g/mol. The molecule has 1 amide bonds. The van der Waals surface area contributed by atoms with Gasteiger partial charge in [-0.2, -0.15) is 0 Å². The average Bonchev–Trinajstić information content (AvgIpc) is 2.75. The lowest BCUT2D eigenvalue weighted by Crippen LogP contribution is -2.49. The summed E-state index contributed by atoms with van der Waals surface area (Å²) in [6.07, 6.45) is 3.42. The Hall–Kier alpha value is -3.62. The maximum Gasteiger partial charge on any atom is 0.272 e. The van der Waals surface area contributed by atoms with Crippen molar-refractivity contribution in [3.05, 3.63) is 66.1 Å². The normalized spacial score (nSPS) is 14.0. The lowest BCUT2D eigenvalue weighted by atomic mass is 10.2. The van der Waals surface area contributed by atoms with E-state index in [1.807, 2.05) is 0 Å². The molecular formula is C20H20FN7O. The fourth-order valence-electron chi connectivity index (χ4n) is 3.15. The van der Waals surface area contributed by atoms with Gasteiger partial charge in [0.2, 0.25) is 5.95 Å². The first-order valence-electron chi connectivity index (χ1n) is 9.28. The Labute approximate surface area is 167 Å². The van der Waals surface area contributed by atoms with Crippen LogP contribution < -0.4 is 10.2 Å². The lowest BCUT2D eigenvalue weighted by molar-refractivity contribution is 0.0740. The Kier molecular flexibility index (Phi) is 5.28. The number of hydrogen-bond acceptors (Lipinski definition) is 7. The van der Waals surface area contributed by atoms with E-state index < -0.39 is 0 Å². The molecule has 0 spiro atoms. The minimum Gasteiger partial charge on any atom is -0.340 e. The Morgan fingerprint density at radius 1 is 1.03 bits per heavy atom. The second-order valence-corrected chi connectivity index (χ2v) is 6.65. The van der Waals surface area contributed by atoms with Crippen molar-refractivity contribution in [3.8, 4) is 0 Å². The van der Waals surface area contributed by atoms with E-state index in [-0.39, 0.29) is 11.7 Å². The molecule has 29 heavy (non-hydrogen) atoms. The first kappa shape index (κ1) is 18.7. The zero-order chi connectivity index (χ0) is 20.2. The van der Waals surface area contributed by atoms with Crippen LogP contribution in [0.2, 0.25) is 0 Å². The molecule has 0 saturated carbocycles. The van der Waals surface area contributed by atoms with E-state index in [2.05, 4.69) is 30.2 Å². The SMILES string of the molecule is Cc1nc(Nc2ccc(F)cc2)cc(C(=O)N2CCN(c3ncccn3)CC2)n1. The summed E-state index contributed by atoms with van der Waals surface area (Å²) in [6, 6.07) is 9.33. The standard InChI is InChI=1S/C20H20FN7O/c1-14-24-17(13-18(25-14)26-16-5-3-15(21)4-6-16)19(29)27-9-11-28(12-10-27)20-22-7-2-8-23-20/h2-8,13H,9-12H2,1H3,(H,24,25,26). The van der Waals surface area contributed by atoms with Gasteiger partial charge in [-0.25, -0.2) is 24.3 Å². The van der Waals surface area contributed by atoms with E-state index in [0.29, 0.717) is 55.2 Å². The number of carbonyl (C=O) groups is 1. The molecule has 3 aromatic rings. The molecule has 3 heterocycles. The van der Waals surface area contributed by atoms with Crippen LogP contribution in [0.4, 0.5) is 21.8 Å². The number of halogens is 1. The molecule has 1 aliphatic rings. The van der Waals surface area contributed by atoms with E-state index in [4.69, 9.17) is 0 Å². The molecule has 0 bridgehead atoms. The molecule has 8 nitrogen and oxygen atoms in total. The van der Waals surface area contributed by atoms with Crippen LogP contribution in [0.5, 0.6) is 0 Å². The summed E-state index contributed by atoms with van der Waals surface area (Å²) in [5, 5.41) is 3.09. The van der Waals surface area contributed by atoms with Crippen molar-refractivity contribution < 1.29 is 9.18 Å². The molecule has 1 N–H and O–H groups in total. The predicted octanol–water partition coefficient (Wildman–Crippen LogP) is 2.42. The quantitative estimate of drug-likeness (QED) is 0.728. The number of nitrogens with zero attached hydrogens (tertiary/aromatic N) is 6. The zero-order valence-corrected chi connectivity index (χ0v) is 15.9. The molecule has 1 aliphatic heterocycles. The largest absolute Gasteiger partial charge is 0.340 e. The van der Waals surface area contributed by atoms with E-state index in [1.54, 1.807) is 48.5 Å². The van der Waals surface area contributed by atoms with Gasteiger partial charge in [-0.15, -0.1) is 0 Å². The molecule has 0 aliphatic carbocycles. The topological polar surface area (TPSA) is 87.1 Å². The molecular weight excluding hydrogens is 373 g/mol. The zero-order valence-electron chi connectivity index (χ0n) is 15.9. The highest BCUT2D eigenvalue weighted by molar-refractivity contribution is 5.93. The number of rotatable bonds is 4. The van der Waals surface area contributed by atoms with Crippen molar-refractivity contribution in [2.24, 2.45) is 0 Å². The van der Waals surface area contributed by atoms with Gasteiger partial charge in [0.05, 0.1) is 0 Å². The van der Waals surface area contributed by atoms with Crippen LogP contribution in [-0.4, -0.2) is 56.9 Å². The minimum absolute atomic E-state index is 0.147. The molecule has 2 aromatic heterocycles. The number of piperazine rings is 1. The summed E-state index contributed by atoms with van der Waals surface area (Å²) in [7, 11) is 0. The smallest absolute Gasteiger partial charge is 0.272 e. The van der Waals surface area contributed by atoms with Crippen molar-refractivity contribution in [1.29, 1.82) is 0 Å². The Bertz CT molecular complexity index is 989. The number of hydrogen-bond donors (Lipinski definition) is 1. The van der Waals surface area contributed by atoms with E-state index in [0.717, 1.165) is 0 Å². The number of aryl methyl sites for hydroxylation is 1. The van der Waals surface area contributed by atoms with Crippen molar-refractivity contribution in [2.75, 3.05) is 36.4 Å². The highest BCUT2D eigenvalue weighted by atomic mass is 19.1. The molecule has 0 unspecified atom stereocenters. The third kappa shape index (κ3) is 4.45. The van der Waals surface area contributed by atoms with E-state index in [1.165, 1.54) is 12.1 Å². The molecule has 1 saturated heterocycles. The van der Waals surface area contributed by atoms with E-state index >= 15 is 0 Å². The summed E-state index contributed by atoms with van der Waals surface area (Å²) < 4.78 is 13.1. The van der Waals surface area contributed by atoms with Gasteiger partial charge < -0.3 is 15.1 Å². The van der Waals surface area contributed by atoms with Crippen molar-refractivity contribution in [3.63, 3.8) is 0 Å². The van der Waals surface area contributed by atoms with Crippen LogP contribution >= 0.6 is 0 Å². The van der Waals surface area contributed by atoms with Gasteiger partial charge in [0, 0.05) is 50.3 Å². The number of carbonyl (C=O) groups excluding carboxylic acids is 1. The van der Waals surface area contributed by atoms with Crippen LogP contribution in [0, 0.1) is 12.7 Å². The third-order valence-corrected chi connectivity index (χ3v) is 4.58. The third-order valence-electron chi connectivity index (χ3n) is 4.58. The fraction of sp³-hybridized carbons (Fsp3) is 0.250. The Morgan fingerprint density at radius 3 is 2.41 bits per heavy atom. The molecule has 148 valence electrons. The fourth-order valence-corrected chi connectivity index (χ4v) is 3.15. The Balaban J connectivity index is 1.45. The minimum atomic E-state index is -0.315. The average molecular weight is 393 g/mol. The van der Waals surface area contributed by atoms with Crippen molar-refractivity contribution in [2.45, 2.75) is 6.92 Å². The molecule has 1 fully saturated rings. The lowest BCUT2D eigenvalue weighted by Gasteiger charge is -2.34. The summed E-state index contributed by atoms with van der Waals surface area (Å²) in [4.78, 5) is 33.9. The highest BCUT2D eigenvalue weighted by Crippen LogP contribution is 2.18. The summed E-state index contributed by atoms with van der Waals surface area (Å²) in [6.45, 7) is 4.15. The highest BCUT2D eigenvalue weighted by Gasteiger charge is 2.24. The second kappa shape index (κ2) is 8.17. The van der Waals surface area contributed by atoms with Gasteiger partial charge >= 0.3 is 0 Å². The van der Waals surface area contributed by atoms with Crippen LogP contribution in [0.25, 0.3) is 0 Å². The summed E-state index contributed by atoms with van der Waals surface area (Å²) in [5.41, 5.74) is 1.01. The van der Waals surface area contributed by atoms with Gasteiger partial charge in [-0.3, -0.25) is 4.79 Å². The molecule has 4 rings (SSSR count). The van der Waals surface area contributed by atoms with Crippen LogP contribution in [0.15, 0.2) is 48.8 Å². The van der Waals surface area contributed by atoms with Gasteiger partial charge in [0.25, 0.3) is 5.91 Å². The second-order valence-electron chi connectivity index (χ2n) is 6.65. The predicted molar refractivity (Wildman–Crippen MR) is 107 cm³/mol. The molecule has 0 atom stereocenters.